The first-order valence-corrected chi connectivity index (χ1v) is 9.13. The summed E-state index contributed by atoms with van der Waals surface area (Å²) >= 11 is 0. The summed E-state index contributed by atoms with van der Waals surface area (Å²) < 4.78 is 49.3. The average Bonchev–Trinajstić information content (AvgIpc) is 3.37. The van der Waals surface area contributed by atoms with Crippen molar-refractivity contribution in [1.82, 2.24) is 19.7 Å². The summed E-state index contributed by atoms with van der Waals surface area (Å²) in [4.78, 5) is 20.6. The van der Waals surface area contributed by atoms with Crippen LogP contribution in [0.25, 0.3) is 22.4 Å². The highest BCUT2D eigenvalue weighted by molar-refractivity contribution is 6.04. The number of methoxy groups -OCH3 is 1. The molecule has 11 heteroatoms. The lowest BCUT2D eigenvalue weighted by atomic mass is 10.1. The number of imidazole rings is 1. The molecule has 1 N–H and O–H groups in total. The molecule has 0 bridgehead atoms. The van der Waals surface area contributed by atoms with Gasteiger partial charge in [-0.2, -0.15) is 18.2 Å². The first-order valence-electron chi connectivity index (χ1n) is 9.13. The second kappa shape index (κ2) is 8.19. The van der Waals surface area contributed by atoms with Gasteiger partial charge in [-0.3, -0.25) is 10.1 Å². The van der Waals surface area contributed by atoms with Gasteiger partial charge in [0.25, 0.3) is 5.91 Å². The van der Waals surface area contributed by atoms with Gasteiger partial charge in [-0.1, -0.05) is 29.4 Å². The van der Waals surface area contributed by atoms with Crippen LogP contribution < -0.4 is 5.32 Å². The van der Waals surface area contributed by atoms with E-state index in [0.29, 0.717) is 24.6 Å². The molecule has 0 aliphatic rings. The number of para-hydroxylation sites is 2. The zero-order chi connectivity index (χ0) is 22.0. The Morgan fingerprint density at radius 3 is 2.71 bits per heavy atom. The number of aromatic nitrogens is 4. The van der Waals surface area contributed by atoms with Gasteiger partial charge in [-0.05, 0) is 24.3 Å². The fraction of sp³-hybridized carbons (Fsp3) is 0.200. The van der Waals surface area contributed by atoms with E-state index in [0.717, 1.165) is 5.52 Å². The third-order valence-corrected chi connectivity index (χ3v) is 4.45. The Hall–Kier alpha value is -3.73. The summed E-state index contributed by atoms with van der Waals surface area (Å²) in [6.45, 7) is 0.883. The van der Waals surface area contributed by atoms with Crippen LogP contribution in [0.2, 0.25) is 0 Å². The van der Waals surface area contributed by atoms with Crippen molar-refractivity contribution in [3.05, 3.63) is 60.0 Å². The monoisotopic (exact) mass is 431 g/mol. The van der Waals surface area contributed by atoms with Gasteiger partial charge >= 0.3 is 12.1 Å². The van der Waals surface area contributed by atoms with Gasteiger partial charge in [0, 0.05) is 24.8 Å². The number of amides is 1. The van der Waals surface area contributed by atoms with Crippen LogP contribution in [0.15, 0.2) is 53.1 Å². The van der Waals surface area contributed by atoms with Crippen molar-refractivity contribution < 1.29 is 27.2 Å². The lowest BCUT2D eigenvalue weighted by Gasteiger charge is -2.10. The van der Waals surface area contributed by atoms with Crippen LogP contribution in [0.4, 0.5) is 19.1 Å². The molecule has 160 valence electrons. The maximum atomic E-state index is 12.8. The highest BCUT2D eigenvalue weighted by Gasteiger charge is 2.38. The number of fused-ring (bicyclic) bond motifs is 1. The minimum atomic E-state index is -4.75. The van der Waals surface area contributed by atoms with Crippen molar-refractivity contribution >= 4 is 22.9 Å². The van der Waals surface area contributed by atoms with Crippen LogP contribution in [-0.4, -0.2) is 39.3 Å². The number of anilines is 1. The number of rotatable bonds is 6. The first-order chi connectivity index (χ1) is 14.9. The van der Waals surface area contributed by atoms with Crippen LogP contribution in [0.1, 0.15) is 16.2 Å². The number of halogens is 3. The molecular formula is C20H16F3N5O3. The summed E-state index contributed by atoms with van der Waals surface area (Å²) in [6.07, 6.45) is -4.75. The molecule has 8 nitrogen and oxygen atoms in total. The van der Waals surface area contributed by atoms with Gasteiger partial charge < -0.3 is 13.8 Å². The number of alkyl halides is 3. The highest BCUT2D eigenvalue weighted by atomic mass is 19.4. The fourth-order valence-corrected chi connectivity index (χ4v) is 3.01. The van der Waals surface area contributed by atoms with E-state index in [4.69, 9.17) is 4.74 Å². The Bertz CT molecular complexity index is 1230. The van der Waals surface area contributed by atoms with Gasteiger partial charge in [0.2, 0.25) is 11.8 Å². The number of hydrogen-bond acceptors (Lipinski definition) is 6. The van der Waals surface area contributed by atoms with E-state index in [-0.39, 0.29) is 17.0 Å². The van der Waals surface area contributed by atoms with E-state index in [1.54, 1.807) is 7.11 Å². The third kappa shape index (κ3) is 4.26. The zero-order valence-corrected chi connectivity index (χ0v) is 16.2. The number of nitrogens with one attached hydrogen (secondary N) is 1. The Kier molecular flexibility index (Phi) is 5.42. The number of hydrogen-bond donors (Lipinski definition) is 1. The molecule has 0 aliphatic carbocycles. The average molecular weight is 431 g/mol. The van der Waals surface area contributed by atoms with Crippen LogP contribution in [0.3, 0.4) is 0 Å². The quantitative estimate of drug-likeness (QED) is 0.496. The van der Waals surface area contributed by atoms with E-state index < -0.39 is 18.0 Å². The Labute approximate surface area is 173 Å². The molecule has 2 heterocycles. The van der Waals surface area contributed by atoms with Gasteiger partial charge in [0.1, 0.15) is 0 Å². The minimum absolute atomic E-state index is 0.196. The molecule has 0 saturated carbocycles. The molecule has 0 saturated heterocycles. The number of carbonyl (C=O) groups is 1. The predicted molar refractivity (Wildman–Crippen MR) is 104 cm³/mol. The van der Waals surface area contributed by atoms with Crippen molar-refractivity contribution in [1.29, 1.82) is 0 Å². The van der Waals surface area contributed by atoms with E-state index in [9.17, 15) is 18.0 Å². The first kappa shape index (κ1) is 20.5. The minimum Gasteiger partial charge on any atom is -0.383 e. The molecule has 2 aromatic heterocycles. The predicted octanol–water partition coefficient (Wildman–Crippen LogP) is 4.00. The highest BCUT2D eigenvalue weighted by Crippen LogP contribution is 2.29. The van der Waals surface area contributed by atoms with Crippen molar-refractivity contribution in [2.24, 2.45) is 0 Å². The normalized spacial score (nSPS) is 11.7. The molecule has 4 aromatic rings. The SMILES string of the molecule is COCCn1c(NC(=O)c2cccc(-c3noc(C(F)(F)F)n3)c2)nc2ccccc21. The summed E-state index contributed by atoms with van der Waals surface area (Å²) in [7, 11) is 1.57. The van der Waals surface area contributed by atoms with E-state index in [2.05, 4.69) is 25.0 Å². The summed E-state index contributed by atoms with van der Waals surface area (Å²) in [5.74, 6) is -1.89. The van der Waals surface area contributed by atoms with Gasteiger partial charge in [0.15, 0.2) is 0 Å². The molecule has 0 fully saturated rings. The van der Waals surface area contributed by atoms with E-state index in [1.807, 2.05) is 28.8 Å². The third-order valence-electron chi connectivity index (χ3n) is 4.45. The summed E-state index contributed by atoms with van der Waals surface area (Å²) in [6, 6.07) is 13.3. The maximum absolute atomic E-state index is 12.8. The van der Waals surface area contributed by atoms with Crippen molar-refractivity contribution in [3.8, 4) is 11.4 Å². The van der Waals surface area contributed by atoms with Crippen molar-refractivity contribution in [2.45, 2.75) is 12.7 Å². The Morgan fingerprint density at radius 1 is 1.16 bits per heavy atom. The van der Waals surface area contributed by atoms with Gasteiger partial charge in [-0.25, -0.2) is 4.98 Å². The van der Waals surface area contributed by atoms with Crippen LogP contribution in [0, 0.1) is 0 Å². The molecule has 2 aromatic carbocycles. The molecule has 0 radical (unpaired) electrons. The van der Waals surface area contributed by atoms with Gasteiger partial charge in [0.05, 0.1) is 17.6 Å². The molecule has 0 atom stereocenters. The fourth-order valence-electron chi connectivity index (χ4n) is 3.01. The lowest BCUT2D eigenvalue weighted by molar-refractivity contribution is -0.159. The summed E-state index contributed by atoms with van der Waals surface area (Å²) in [5, 5.41) is 6.09. The molecule has 1 amide bonds. The van der Waals surface area contributed by atoms with E-state index in [1.165, 1.54) is 24.3 Å². The largest absolute Gasteiger partial charge is 0.471 e. The van der Waals surface area contributed by atoms with Gasteiger partial charge in [-0.15, -0.1) is 0 Å². The summed E-state index contributed by atoms with van der Waals surface area (Å²) in [5.41, 5.74) is 1.94. The Morgan fingerprint density at radius 2 is 1.97 bits per heavy atom. The van der Waals surface area contributed by atoms with Crippen molar-refractivity contribution in [3.63, 3.8) is 0 Å². The molecule has 31 heavy (non-hydrogen) atoms. The number of nitrogens with zero attached hydrogens (tertiary/aromatic N) is 4. The van der Waals surface area contributed by atoms with E-state index >= 15 is 0 Å². The van der Waals surface area contributed by atoms with Crippen LogP contribution in [0.5, 0.6) is 0 Å². The number of ether oxygens (including phenoxy) is 1. The molecule has 0 spiro atoms. The second-order valence-electron chi connectivity index (χ2n) is 6.52. The van der Waals surface area contributed by atoms with Crippen molar-refractivity contribution in [2.75, 3.05) is 19.0 Å². The smallest absolute Gasteiger partial charge is 0.383 e. The standard InChI is InChI=1S/C20H16F3N5O3/c1-30-10-9-28-15-8-3-2-7-14(15)24-19(28)26-17(29)13-6-4-5-12(11-13)16-25-18(31-27-16)20(21,22)23/h2-8,11H,9-10H2,1H3,(H,24,26,29). The number of carbonyl (C=O) groups excluding carboxylic acids is 1. The zero-order valence-electron chi connectivity index (χ0n) is 16.2. The number of benzene rings is 2. The van der Waals surface area contributed by atoms with Crippen LogP contribution in [-0.2, 0) is 17.5 Å². The Balaban J connectivity index is 1.61. The molecule has 0 unspecified atom stereocenters. The lowest BCUT2D eigenvalue weighted by Crippen LogP contribution is -2.17. The van der Waals surface area contributed by atoms with Crippen LogP contribution >= 0.6 is 0 Å². The molecule has 0 aliphatic heterocycles. The second-order valence-corrected chi connectivity index (χ2v) is 6.52. The maximum Gasteiger partial charge on any atom is 0.471 e. The molecule has 4 rings (SSSR count). The topological polar surface area (TPSA) is 95.1 Å². The molecular weight excluding hydrogens is 415 g/mol.